The number of nitrogens with two attached hydrogens (primary N) is 1. The Balaban J connectivity index is 2.10. The first-order valence-electron chi connectivity index (χ1n) is 5.29. The molecule has 0 aliphatic carbocycles. The Morgan fingerprint density at radius 3 is 2.33 bits per heavy atom. The number of anilines is 2. The summed E-state index contributed by atoms with van der Waals surface area (Å²) in [6, 6.07) is 11.4. The normalized spacial score (nSPS) is 10.4. The second-order valence-corrected chi connectivity index (χ2v) is 5.56. The highest BCUT2D eigenvalue weighted by Crippen LogP contribution is 2.30. The average Bonchev–Trinajstić information content (AvgIpc) is 2.34. The molecule has 2 aromatic carbocycles. The van der Waals surface area contributed by atoms with Gasteiger partial charge in [-0.25, -0.2) is 0 Å². The molecule has 0 saturated heterocycles. The fourth-order valence-electron chi connectivity index (χ4n) is 1.51. The molecule has 0 saturated carbocycles. The van der Waals surface area contributed by atoms with Gasteiger partial charge in [-0.3, -0.25) is 0 Å². The van der Waals surface area contributed by atoms with E-state index in [4.69, 9.17) is 28.9 Å². The molecule has 0 aliphatic heterocycles. The molecule has 94 valence electrons. The maximum atomic E-state index is 5.95. The van der Waals surface area contributed by atoms with E-state index in [0.717, 1.165) is 15.7 Å². The van der Waals surface area contributed by atoms with Gasteiger partial charge in [0.25, 0.3) is 0 Å². The number of nitrogens with one attached hydrogen (secondary N) is 1. The number of nitrogen functional groups attached to an aromatic ring is 1. The Morgan fingerprint density at radius 2 is 1.67 bits per heavy atom. The lowest BCUT2D eigenvalue weighted by atomic mass is 10.2. The first-order chi connectivity index (χ1) is 8.56. The van der Waals surface area contributed by atoms with Crippen LogP contribution in [0, 0.1) is 0 Å². The zero-order valence-electron chi connectivity index (χ0n) is 9.38. The summed E-state index contributed by atoms with van der Waals surface area (Å²) in [6.45, 7) is 0.676. The topological polar surface area (TPSA) is 38.0 Å². The highest BCUT2D eigenvalue weighted by atomic mass is 79.9. The van der Waals surface area contributed by atoms with Crippen LogP contribution >= 0.6 is 39.1 Å². The summed E-state index contributed by atoms with van der Waals surface area (Å²) in [5.74, 6) is 0. The van der Waals surface area contributed by atoms with Gasteiger partial charge in [-0.2, -0.15) is 0 Å². The van der Waals surface area contributed by atoms with Crippen LogP contribution in [0.5, 0.6) is 0 Å². The van der Waals surface area contributed by atoms with E-state index < -0.39 is 0 Å². The van der Waals surface area contributed by atoms with E-state index in [1.54, 1.807) is 12.1 Å². The van der Waals surface area contributed by atoms with Crippen LogP contribution in [-0.4, -0.2) is 0 Å². The molecule has 0 heterocycles. The minimum Gasteiger partial charge on any atom is -0.397 e. The number of hydrogen-bond acceptors (Lipinski definition) is 2. The molecule has 0 spiro atoms. The monoisotopic (exact) mass is 344 g/mol. The lowest BCUT2D eigenvalue weighted by molar-refractivity contribution is 1.15. The lowest BCUT2D eigenvalue weighted by Gasteiger charge is -2.10. The smallest absolute Gasteiger partial charge is 0.0614 e. The summed E-state index contributed by atoms with van der Waals surface area (Å²) in [7, 11) is 0. The Bertz CT molecular complexity index is 556. The van der Waals surface area contributed by atoms with Crippen LogP contribution in [0.2, 0.25) is 10.0 Å². The largest absolute Gasteiger partial charge is 0.397 e. The first kappa shape index (κ1) is 13.5. The molecular weight excluding hydrogens is 335 g/mol. The molecule has 0 unspecified atom stereocenters. The van der Waals surface area contributed by atoms with E-state index in [-0.39, 0.29) is 0 Å². The van der Waals surface area contributed by atoms with Gasteiger partial charge in [0.15, 0.2) is 0 Å². The van der Waals surface area contributed by atoms with Crippen LogP contribution in [0.25, 0.3) is 0 Å². The summed E-state index contributed by atoms with van der Waals surface area (Å²) < 4.78 is 1.06. The Labute approximate surface area is 124 Å². The van der Waals surface area contributed by atoms with Crippen molar-refractivity contribution in [3.8, 4) is 0 Å². The third-order valence-electron chi connectivity index (χ3n) is 2.49. The van der Waals surface area contributed by atoms with Crippen LogP contribution in [0.3, 0.4) is 0 Å². The second-order valence-electron chi connectivity index (χ2n) is 3.83. The predicted molar refractivity (Wildman–Crippen MR) is 82.3 cm³/mol. The van der Waals surface area contributed by atoms with Crippen molar-refractivity contribution in [2.45, 2.75) is 6.54 Å². The fourth-order valence-corrected chi connectivity index (χ4v) is 2.11. The predicted octanol–water partition coefficient (Wildman–Crippen LogP) is 4.95. The van der Waals surface area contributed by atoms with Crippen molar-refractivity contribution in [3.05, 3.63) is 56.5 Å². The highest BCUT2D eigenvalue weighted by Gasteiger charge is 2.04. The maximum Gasteiger partial charge on any atom is 0.0614 e. The summed E-state index contributed by atoms with van der Waals surface area (Å²) >= 11 is 15.2. The van der Waals surface area contributed by atoms with Gasteiger partial charge in [0.1, 0.15) is 0 Å². The van der Waals surface area contributed by atoms with E-state index in [1.807, 2.05) is 24.3 Å². The van der Waals surface area contributed by atoms with E-state index in [2.05, 4.69) is 21.2 Å². The molecule has 0 amide bonds. The van der Waals surface area contributed by atoms with E-state index >= 15 is 0 Å². The van der Waals surface area contributed by atoms with Crippen LogP contribution in [0.15, 0.2) is 40.9 Å². The van der Waals surface area contributed by atoms with Crippen molar-refractivity contribution in [1.82, 2.24) is 0 Å². The van der Waals surface area contributed by atoms with Gasteiger partial charge >= 0.3 is 0 Å². The van der Waals surface area contributed by atoms with E-state index in [1.165, 1.54) is 0 Å². The van der Waals surface area contributed by atoms with Crippen molar-refractivity contribution >= 4 is 50.5 Å². The third kappa shape index (κ3) is 3.31. The quantitative estimate of drug-likeness (QED) is 0.772. The van der Waals surface area contributed by atoms with Crippen molar-refractivity contribution in [1.29, 1.82) is 0 Å². The number of rotatable bonds is 3. The third-order valence-corrected chi connectivity index (χ3v) is 3.74. The van der Waals surface area contributed by atoms with Gasteiger partial charge in [0.2, 0.25) is 0 Å². The summed E-state index contributed by atoms with van der Waals surface area (Å²) in [4.78, 5) is 0. The van der Waals surface area contributed by atoms with Gasteiger partial charge in [-0.1, -0.05) is 51.3 Å². The van der Waals surface area contributed by atoms with Gasteiger partial charge in [-0.05, 0) is 29.8 Å². The first-order valence-corrected chi connectivity index (χ1v) is 6.84. The summed E-state index contributed by atoms with van der Waals surface area (Å²) in [6.07, 6.45) is 0. The molecule has 5 heteroatoms. The zero-order chi connectivity index (χ0) is 13.1. The highest BCUT2D eigenvalue weighted by molar-refractivity contribution is 9.10. The van der Waals surface area contributed by atoms with Gasteiger partial charge < -0.3 is 11.1 Å². The molecule has 3 N–H and O–H groups in total. The number of benzene rings is 2. The van der Waals surface area contributed by atoms with Gasteiger partial charge in [0.05, 0.1) is 21.4 Å². The minimum atomic E-state index is 0.461. The molecule has 2 aromatic rings. The van der Waals surface area contributed by atoms with Crippen molar-refractivity contribution < 1.29 is 0 Å². The summed E-state index contributed by atoms with van der Waals surface area (Å²) in [5, 5.41) is 4.18. The van der Waals surface area contributed by atoms with Crippen molar-refractivity contribution in [2.24, 2.45) is 0 Å². The molecule has 0 radical (unpaired) electrons. The molecule has 0 fully saturated rings. The van der Waals surface area contributed by atoms with E-state index in [9.17, 15) is 0 Å². The van der Waals surface area contributed by atoms with E-state index in [0.29, 0.717) is 22.3 Å². The molecule has 0 atom stereocenters. The minimum absolute atomic E-state index is 0.461. The van der Waals surface area contributed by atoms with Gasteiger partial charge in [-0.15, -0.1) is 0 Å². The molecule has 0 aromatic heterocycles. The second kappa shape index (κ2) is 5.83. The number of hydrogen-bond donors (Lipinski definition) is 2. The SMILES string of the molecule is Nc1cc(Cl)c(Cl)cc1NCc1ccc(Br)cc1. The van der Waals surface area contributed by atoms with Gasteiger partial charge in [0, 0.05) is 11.0 Å². The van der Waals surface area contributed by atoms with Crippen molar-refractivity contribution in [3.63, 3.8) is 0 Å². The van der Waals surface area contributed by atoms with Crippen LogP contribution in [0.1, 0.15) is 5.56 Å². The molecule has 2 nitrogen and oxygen atoms in total. The Hall–Kier alpha value is -0.900. The average molecular weight is 346 g/mol. The standard InChI is InChI=1S/C13H11BrCl2N2/c14-9-3-1-8(2-4-9)7-18-13-6-11(16)10(15)5-12(13)17/h1-6,18H,7,17H2. The molecule has 0 bridgehead atoms. The van der Waals surface area contributed by atoms with Crippen LogP contribution in [-0.2, 0) is 6.54 Å². The van der Waals surface area contributed by atoms with Crippen molar-refractivity contribution in [2.75, 3.05) is 11.1 Å². The Kier molecular flexibility index (Phi) is 4.38. The van der Waals surface area contributed by atoms with Crippen LogP contribution in [0.4, 0.5) is 11.4 Å². The molecular formula is C13H11BrCl2N2. The molecule has 0 aliphatic rings. The molecule has 2 rings (SSSR count). The molecule has 18 heavy (non-hydrogen) atoms. The zero-order valence-corrected chi connectivity index (χ0v) is 12.5. The number of halogens is 3. The fraction of sp³-hybridized carbons (Fsp3) is 0.0769. The maximum absolute atomic E-state index is 5.95. The van der Waals surface area contributed by atoms with Crippen LogP contribution < -0.4 is 11.1 Å². The Morgan fingerprint density at radius 1 is 1.06 bits per heavy atom. The summed E-state index contributed by atoms with van der Waals surface area (Å²) in [5.41, 5.74) is 8.39. The lowest BCUT2D eigenvalue weighted by Crippen LogP contribution is -2.02.